The Morgan fingerprint density at radius 2 is 2.03 bits per heavy atom. The summed E-state index contributed by atoms with van der Waals surface area (Å²) >= 11 is 9.07. The van der Waals surface area contributed by atoms with Gasteiger partial charge < -0.3 is 9.32 Å². The van der Waals surface area contributed by atoms with Gasteiger partial charge in [-0.2, -0.15) is 0 Å². The molecule has 0 fully saturated rings. The number of aromatic nitrogens is 3. The lowest BCUT2D eigenvalue weighted by Crippen LogP contribution is -2.27. The average Bonchev–Trinajstić information content (AvgIpc) is 3.50. The molecule has 3 heterocycles. The Labute approximate surface area is 193 Å². The van der Waals surface area contributed by atoms with E-state index < -0.39 is 0 Å². The third-order valence-corrected chi connectivity index (χ3v) is 7.02. The van der Waals surface area contributed by atoms with Gasteiger partial charge in [0.25, 0.3) is 0 Å². The summed E-state index contributed by atoms with van der Waals surface area (Å²) in [4.78, 5) is 15.7. The van der Waals surface area contributed by atoms with Crippen molar-refractivity contribution < 1.29 is 9.21 Å². The number of aryl methyl sites for hydroxylation is 1. The van der Waals surface area contributed by atoms with Crippen molar-refractivity contribution in [2.45, 2.75) is 25.2 Å². The average molecular weight is 473 g/mol. The van der Waals surface area contributed by atoms with Gasteiger partial charge in [-0.15, -0.1) is 21.5 Å². The van der Waals surface area contributed by atoms with E-state index in [1.54, 1.807) is 22.5 Å². The fraction of sp³-hybridized carbons (Fsp3) is 0.227. The van der Waals surface area contributed by atoms with E-state index in [9.17, 15) is 4.79 Å². The van der Waals surface area contributed by atoms with Crippen molar-refractivity contribution in [3.63, 3.8) is 0 Å². The third kappa shape index (κ3) is 5.20. The van der Waals surface area contributed by atoms with Gasteiger partial charge in [0, 0.05) is 22.5 Å². The highest BCUT2D eigenvalue weighted by Gasteiger charge is 2.18. The number of amides is 1. The Morgan fingerprint density at radius 3 is 2.71 bits per heavy atom. The van der Waals surface area contributed by atoms with E-state index in [4.69, 9.17) is 16.0 Å². The quantitative estimate of drug-likeness (QED) is 0.323. The molecule has 0 bridgehead atoms. The van der Waals surface area contributed by atoms with Crippen molar-refractivity contribution in [1.29, 1.82) is 0 Å². The van der Waals surface area contributed by atoms with Crippen molar-refractivity contribution in [2.24, 2.45) is 0 Å². The first-order valence-electron chi connectivity index (χ1n) is 9.62. The van der Waals surface area contributed by atoms with Crippen LogP contribution in [0.5, 0.6) is 0 Å². The fourth-order valence-electron chi connectivity index (χ4n) is 3.02. The van der Waals surface area contributed by atoms with Crippen molar-refractivity contribution in [3.8, 4) is 11.4 Å². The normalized spacial score (nSPS) is 11.1. The lowest BCUT2D eigenvalue weighted by atomic mass is 10.2. The molecule has 9 heteroatoms. The van der Waals surface area contributed by atoms with Crippen molar-refractivity contribution in [2.75, 3.05) is 12.8 Å². The fourth-order valence-corrected chi connectivity index (χ4v) is 4.98. The van der Waals surface area contributed by atoms with Gasteiger partial charge in [0.1, 0.15) is 5.76 Å². The molecule has 0 atom stereocenters. The number of hydrogen-bond acceptors (Lipinski definition) is 6. The van der Waals surface area contributed by atoms with Crippen molar-refractivity contribution in [3.05, 3.63) is 75.3 Å². The van der Waals surface area contributed by atoms with Crippen LogP contribution in [-0.4, -0.2) is 38.4 Å². The van der Waals surface area contributed by atoms with Crippen molar-refractivity contribution >= 4 is 40.6 Å². The van der Waals surface area contributed by atoms with Crippen LogP contribution in [0.4, 0.5) is 0 Å². The molecule has 31 heavy (non-hydrogen) atoms. The molecule has 0 aliphatic heterocycles. The van der Waals surface area contributed by atoms with E-state index in [-0.39, 0.29) is 11.7 Å². The summed E-state index contributed by atoms with van der Waals surface area (Å²) < 4.78 is 7.49. The lowest BCUT2D eigenvalue weighted by Gasteiger charge is -2.16. The molecule has 0 aliphatic carbocycles. The first-order chi connectivity index (χ1) is 15.0. The summed E-state index contributed by atoms with van der Waals surface area (Å²) in [5.41, 5.74) is 2.11. The summed E-state index contributed by atoms with van der Waals surface area (Å²) in [6.07, 6.45) is 1.64. The molecule has 0 aliphatic rings. The summed E-state index contributed by atoms with van der Waals surface area (Å²) in [6.45, 7) is 3.14. The minimum absolute atomic E-state index is 0.0402. The van der Waals surface area contributed by atoms with Gasteiger partial charge in [-0.1, -0.05) is 23.4 Å². The summed E-state index contributed by atoms with van der Waals surface area (Å²) in [5.74, 6) is 1.80. The Bertz CT molecular complexity index is 1150. The highest BCUT2D eigenvalue weighted by molar-refractivity contribution is 7.99. The Balaban J connectivity index is 1.51. The highest BCUT2D eigenvalue weighted by Crippen LogP contribution is 2.27. The minimum Gasteiger partial charge on any atom is -0.467 e. The molecule has 0 radical (unpaired) electrons. The zero-order valence-corrected chi connectivity index (χ0v) is 19.5. The highest BCUT2D eigenvalue weighted by atomic mass is 35.5. The number of carbonyl (C=O) groups excluding carboxylic acids is 1. The predicted molar refractivity (Wildman–Crippen MR) is 125 cm³/mol. The van der Waals surface area contributed by atoms with Gasteiger partial charge in [0.15, 0.2) is 11.0 Å². The van der Waals surface area contributed by atoms with Crippen LogP contribution >= 0.6 is 34.7 Å². The standard InChI is InChI=1S/C22H21ClN4O2S2/c1-15-9-11-30-19(15)13-26(2)20(28)14-31-22-25-24-21(16-5-7-17(23)8-6-16)27(22)12-18-4-3-10-29-18/h3-11H,12-14H2,1-2H3. The van der Waals surface area contributed by atoms with Crippen LogP contribution in [0.1, 0.15) is 16.2 Å². The number of furan rings is 1. The van der Waals surface area contributed by atoms with Crippen LogP contribution < -0.4 is 0 Å². The van der Waals surface area contributed by atoms with E-state index in [2.05, 4.69) is 23.2 Å². The monoisotopic (exact) mass is 472 g/mol. The number of carbonyl (C=O) groups is 1. The maximum atomic E-state index is 12.7. The van der Waals surface area contributed by atoms with Gasteiger partial charge in [-0.25, -0.2) is 0 Å². The molecule has 1 amide bonds. The van der Waals surface area contributed by atoms with Crippen LogP contribution in [-0.2, 0) is 17.9 Å². The smallest absolute Gasteiger partial charge is 0.233 e. The van der Waals surface area contributed by atoms with E-state index in [0.29, 0.717) is 29.1 Å². The van der Waals surface area contributed by atoms with Crippen molar-refractivity contribution in [1.82, 2.24) is 19.7 Å². The van der Waals surface area contributed by atoms with Gasteiger partial charge in [-0.3, -0.25) is 9.36 Å². The molecule has 0 saturated carbocycles. The van der Waals surface area contributed by atoms with Gasteiger partial charge >= 0.3 is 0 Å². The molecule has 4 rings (SSSR count). The molecule has 0 unspecified atom stereocenters. The maximum Gasteiger partial charge on any atom is 0.233 e. The Kier molecular flexibility index (Phi) is 6.80. The van der Waals surface area contributed by atoms with Crippen LogP contribution in [0.3, 0.4) is 0 Å². The van der Waals surface area contributed by atoms with Crippen LogP contribution in [0.15, 0.2) is 63.7 Å². The lowest BCUT2D eigenvalue weighted by molar-refractivity contribution is -0.127. The second-order valence-electron chi connectivity index (χ2n) is 7.04. The molecule has 0 saturated heterocycles. The largest absolute Gasteiger partial charge is 0.467 e. The van der Waals surface area contributed by atoms with E-state index >= 15 is 0 Å². The number of thioether (sulfide) groups is 1. The second-order valence-corrected chi connectivity index (χ2v) is 9.42. The van der Waals surface area contributed by atoms with Gasteiger partial charge in [0.2, 0.25) is 5.91 Å². The number of hydrogen-bond donors (Lipinski definition) is 0. The molecule has 0 N–H and O–H groups in total. The molecule has 160 valence electrons. The topological polar surface area (TPSA) is 64.2 Å². The van der Waals surface area contributed by atoms with Crippen LogP contribution in [0, 0.1) is 6.92 Å². The SMILES string of the molecule is Cc1ccsc1CN(C)C(=O)CSc1nnc(-c2ccc(Cl)cc2)n1Cc1ccco1. The van der Waals surface area contributed by atoms with E-state index in [0.717, 1.165) is 11.3 Å². The zero-order valence-electron chi connectivity index (χ0n) is 17.1. The zero-order chi connectivity index (χ0) is 21.8. The van der Waals surface area contributed by atoms with E-state index in [1.807, 2.05) is 53.4 Å². The third-order valence-electron chi connectivity index (χ3n) is 4.81. The molecule has 6 nitrogen and oxygen atoms in total. The first-order valence-corrected chi connectivity index (χ1v) is 11.9. The summed E-state index contributed by atoms with van der Waals surface area (Å²) in [6, 6.07) is 13.3. The second kappa shape index (κ2) is 9.72. The molecular weight excluding hydrogens is 452 g/mol. The maximum absolute atomic E-state index is 12.7. The minimum atomic E-state index is 0.0402. The van der Waals surface area contributed by atoms with Gasteiger partial charge in [0.05, 0.1) is 25.1 Å². The summed E-state index contributed by atoms with van der Waals surface area (Å²) in [7, 11) is 1.83. The number of benzene rings is 1. The predicted octanol–water partition coefficient (Wildman–Crippen LogP) is 5.36. The molecule has 4 aromatic rings. The molecule has 3 aromatic heterocycles. The Hall–Kier alpha value is -2.55. The molecule has 0 spiro atoms. The van der Waals surface area contributed by atoms with Crippen LogP contribution in [0.2, 0.25) is 5.02 Å². The first kappa shape index (κ1) is 21.7. The number of nitrogens with zero attached hydrogens (tertiary/aromatic N) is 4. The summed E-state index contributed by atoms with van der Waals surface area (Å²) in [5, 5.41) is 12.1. The van der Waals surface area contributed by atoms with Gasteiger partial charge in [-0.05, 0) is 60.3 Å². The number of thiophene rings is 1. The Morgan fingerprint density at radius 1 is 1.23 bits per heavy atom. The number of rotatable bonds is 8. The molecular formula is C22H21ClN4O2S2. The van der Waals surface area contributed by atoms with Crippen LogP contribution in [0.25, 0.3) is 11.4 Å². The van der Waals surface area contributed by atoms with E-state index in [1.165, 1.54) is 22.2 Å². The number of halogens is 1. The molecule has 1 aromatic carbocycles.